The molecule has 25 heavy (non-hydrogen) atoms. The van der Waals surface area contributed by atoms with Crippen molar-refractivity contribution in [3.05, 3.63) is 35.2 Å². The van der Waals surface area contributed by atoms with Crippen LogP contribution >= 0.6 is 11.3 Å². The number of nitrogens with zero attached hydrogens (tertiary/aromatic N) is 4. The first kappa shape index (κ1) is 16.2. The summed E-state index contributed by atoms with van der Waals surface area (Å²) in [6, 6.07) is 8.57. The van der Waals surface area contributed by atoms with Gasteiger partial charge in [0.25, 0.3) is 11.8 Å². The van der Waals surface area contributed by atoms with Gasteiger partial charge in [-0.2, -0.15) is 4.98 Å². The second-order valence-electron chi connectivity index (χ2n) is 6.45. The van der Waals surface area contributed by atoms with E-state index in [1.165, 1.54) is 5.56 Å². The molecule has 1 aromatic carbocycles. The summed E-state index contributed by atoms with van der Waals surface area (Å²) in [5, 5.41) is 10.4. The van der Waals surface area contributed by atoms with E-state index in [0.29, 0.717) is 17.8 Å². The molecule has 0 radical (unpaired) electrons. The van der Waals surface area contributed by atoms with Gasteiger partial charge in [0.15, 0.2) is 0 Å². The van der Waals surface area contributed by atoms with Gasteiger partial charge in [-0.05, 0) is 16.6 Å². The molecule has 0 bridgehead atoms. The van der Waals surface area contributed by atoms with Crippen molar-refractivity contribution in [2.45, 2.75) is 19.8 Å². The summed E-state index contributed by atoms with van der Waals surface area (Å²) in [6.45, 7) is 8.06. The predicted octanol–water partition coefficient (Wildman–Crippen LogP) is 3.39. The first-order valence-corrected chi connectivity index (χ1v) is 9.44. The van der Waals surface area contributed by atoms with Crippen molar-refractivity contribution in [2.75, 3.05) is 31.1 Å². The number of anilines is 1. The summed E-state index contributed by atoms with van der Waals surface area (Å²) in [5.74, 6) is 1.66. The fourth-order valence-electron chi connectivity index (χ4n) is 2.83. The molecule has 0 aliphatic carbocycles. The number of rotatable bonds is 4. The van der Waals surface area contributed by atoms with E-state index in [9.17, 15) is 0 Å². The van der Waals surface area contributed by atoms with Gasteiger partial charge in [0.05, 0.1) is 0 Å². The highest BCUT2D eigenvalue weighted by Gasteiger charge is 2.19. The Bertz CT molecular complexity index is 833. The van der Waals surface area contributed by atoms with Crippen LogP contribution in [0.4, 0.5) is 5.95 Å². The summed E-state index contributed by atoms with van der Waals surface area (Å²) >= 11 is 1.59. The Morgan fingerprint density at radius 1 is 1.12 bits per heavy atom. The molecule has 130 valence electrons. The van der Waals surface area contributed by atoms with Crippen LogP contribution < -0.4 is 10.2 Å². The molecule has 0 unspecified atom stereocenters. The van der Waals surface area contributed by atoms with Crippen LogP contribution in [0.5, 0.6) is 0 Å². The van der Waals surface area contributed by atoms with Crippen LogP contribution in [0.2, 0.25) is 0 Å². The highest BCUT2D eigenvalue weighted by molar-refractivity contribution is 7.13. The van der Waals surface area contributed by atoms with Gasteiger partial charge in [-0.3, -0.25) is 0 Å². The number of aromatic nitrogens is 3. The van der Waals surface area contributed by atoms with Crippen LogP contribution in [0.15, 0.2) is 34.2 Å². The first-order chi connectivity index (χ1) is 12.2. The van der Waals surface area contributed by atoms with E-state index < -0.39 is 0 Å². The summed E-state index contributed by atoms with van der Waals surface area (Å²) in [7, 11) is 0. The maximum absolute atomic E-state index is 5.42. The van der Waals surface area contributed by atoms with Gasteiger partial charge in [-0.25, -0.2) is 4.98 Å². The lowest BCUT2D eigenvalue weighted by Crippen LogP contribution is -2.44. The molecule has 7 heteroatoms. The summed E-state index contributed by atoms with van der Waals surface area (Å²) in [4.78, 5) is 11.3. The number of benzene rings is 1. The molecule has 3 heterocycles. The monoisotopic (exact) mass is 355 g/mol. The Balaban J connectivity index is 1.54. The molecule has 0 spiro atoms. The molecule has 0 saturated carbocycles. The van der Waals surface area contributed by atoms with Crippen LogP contribution in [0, 0.1) is 0 Å². The number of piperazine rings is 1. The number of hydrogen-bond acceptors (Lipinski definition) is 7. The third-order valence-electron chi connectivity index (χ3n) is 4.36. The topological polar surface area (TPSA) is 67.1 Å². The molecule has 1 aliphatic rings. The molecule has 1 saturated heterocycles. The molecule has 6 nitrogen and oxygen atoms in total. The SMILES string of the molecule is CC(C)c1ccc(-c2nc(-c3nc(N4CCNCC4)no3)cs2)cc1. The summed E-state index contributed by atoms with van der Waals surface area (Å²) < 4.78 is 5.42. The highest BCUT2D eigenvalue weighted by Crippen LogP contribution is 2.29. The third kappa shape index (κ3) is 3.43. The van der Waals surface area contributed by atoms with E-state index in [1.54, 1.807) is 11.3 Å². The minimum absolute atomic E-state index is 0.481. The van der Waals surface area contributed by atoms with Crippen LogP contribution in [-0.4, -0.2) is 41.3 Å². The van der Waals surface area contributed by atoms with E-state index in [2.05, 4.69) is 63.5 Å². The Hall–Kier alpha value is -2.25. The van der Waals surface area contributed by atoms with Crippen LogP contribution in [0.1, 0.15) is 25.3 Å². The second-order valence-corrected chi connectivity index (χ2v) is 7.31. The van der Waals surface area contributed by atoms with Crippen molar-refractivity contribution in [1.29, 1.82) is 0 Å². The Kier molecular flexibility index (Phi) is 4.50. The lowest BCUT2D eigenvalue weighted by molar-refractivity contribution is 0.426. The largest absolute Gasteiger partial charge is 0.336 e. The first-order valence-electron chi connectivity index (χ1n) is 8.56. The van der Waals surface area contributed by atoms with Gasteiger partial charge < -0.3 is 14.7 Å². The van der Waals surface area contributed by atoms with Crippen molar-refractivity contribution < 1.29 is 4.52 Å². The summed E-state index contributed by atoms with van der Waals surface area (Å²) in [5.41, 5.74) is 3.18. The van der Waals surface area contributed by atoms with Crippen LogP contribution in [0.3, 0.4) is 0 Å². The molecule has 2 aromatic heterocycles. The fraction of sp³-hybridized carbons (Fsp3) is 0.389. The average molecular weight is 355 g/mol. The molecule has 0 atom stereocenters. The molecule has 0 amide bonds. The Morgan fingerprint density at radius 2 is 1.88 bits per heavy atom. The standard InChI is InChI=1S/C18H21N5OS/c1-12(2)13-3-5-14(6-4-13)17-20-15(11-25-17)16-21-18(22-24-16)23-9-7-19-8-10-23/h3-6,11-12,19H,7-10H2,1-2H3. The number of hydrogen-bond donors (Lipinski definition) is 1. The zero-order valence-electron chi connectivity index (χ0n) is 14.4. The van der Waals surface area contributed by atoms with E-state index in [-0.39, 0.29) is 0 Å². The maximum atomic E-state index is 5.42. The van der Waals surface area contributed by atoms with E-state index in [4.69, 9.17) is 4.52 Å². The zero-order chi connectivity index (χ0) is 17.2. The molecule has 4 rings (SSSR count). The minimum Gasteiger partial charge on any atom is -0.336 e. The molecular weight excluding hydrogens is 334 g/mol. The lowest BCUT2D eigenvalue weighted by atomic mass is 10.0. The van der Waals surface area contributed by atoms with Crippen molar-refractivity contribution in [3.8, 4) is 22.2 Å². The van der Waals surface area contributed by atoms with Gasteiger partial charge in [0.1, 0.15) is 10.7 Å². The Labute approximate surface area is 150 Å². The molecular formula is C18H21N5OS. The van der Waals surface area contributed by atoms with Crippen molar-refractivity contribution >= 4 is 17.3 Å². The lowest BCUT2D eigenvalue weighted by Gasteiger charge is -2.25. The second kappa shape index (κ2) is 6.93. The van der Waals surface area contributed by atoms with Crippen molar-refractivity contribution in [2.24, 2.45) is 0 Å². The number of thiazole rings is 1. The van der Waals surface area contributed by atoms with Crippen LogP contribution in [-0.2, 0) is 0 Å². The number of nitrogens with one attached hydrogen (secondary N) is 1. The molecule has 3 aromatic rings. The highest BCUT2D eigenvalue weighted by atomic mass is 32.1. The molecule has 1 N–H and O–H groups in total. The average Bonchev–Trinajstić information content (AvgIpc) is 3.32. The van der Waals surface area contributed by atoms with Gasteiger partial charge in [-0.1, -0.05) is 38.1 Å². The van der Waals surface area contributed by atoms with Gasteiger partial charge in [0, 0.05) is 37.1 Å². The molecule has 1 aliphatic heterocycles. The Morgan fingerprint density at radius 3 is 2.60 bits per heavy atom. The van der Waals surface area contributed by atoms with Gasteiger partial charge in [0.2, 0.25) is 0 Å². The van der Waals surface area contributed by atoms with Gasteiger partial charge >= 0.3 is 0 Å². The zero-order valence-corrected chi connectivity index (χ0v) is 15.2. The van der Waals surface area contributed by atoms with Gasteiger partial charge in [-0.15, -0.1) is 11.3 Å². The smallest absolute Gasteiger partial charge is 0.279 e. The molecule has 1 fully saturated rings. The van der Waals surface area contributed by atoms with E-state index in [0.717, 1.165) is 42.4 Å². The quantitative estimate of drug-likeness (QED) is 0.774. The fourth-order valence-corrected chi connectivity index (χ4v) is 3.63. The predicted molar refractivity (Wildman–Crippen MR) is 100 cm³/mol. The normalized spacial score (nSPS) is 15.1. The van der Waals surface area contributed by atoms with Crippen molar-refractivity contribution in [3.63, 3.8) is 0 Å². The summed E-state index contributed by atoms with van der Waals surface area (Å²) in [6.07, 6.45) is 0. The third-order valence-corrected chi connectivity index (χ3v) is 5.25. The van der Waals surface area contributed by atoms with Crippen LogP contribution in [0.25, 0.3) is 22.2 Å². The van der Waals surface area contributed by atoms with E-state index in [1.807, 2.05) is 5.38 Å². The minimum atomic E-state index is 0.481. The maximum Gasteiger partial charge on any atom is 0.279 e. The van der Waals surface area contributed by atoms with Crippen molar-refractivity contribution in [1.82, 2.24) is 20.4 Å². The van der Waals surface area contributed by atoms with E-state index >= 15 is 0 Å².